The number of carbonyl (C=O) groups is 2. The molecule has 1 N–H and O–H groups in total. The summed E-state index contributed by atoms with van der Waals surface area (Å²) in [7, 11) is -3.65. The summed E-state index contributed by atoms with van der Waals surface area (Å²) in [5.41, 5.74) is 1.34. The Morgan fingerprint density at radius 1 is 1.03 bits per heavy atom. The van der Waals surface area contributed by atoms with Crippen molar-refractivity contribution in [3.05, 3.63) is 65.7 Å². The predicted molar refractivity (Wildman–Crippen MR) is 137 cm³/mol. The molecule has 0 aromatic heterocycles. The molecule has 0 radical (unpaired) electrons. The molecule has 9 heteroatoms. The van der Waals surface area contributed by atoms with Gasteiger partial charge in [-0.15, -0.1) is 0 Å². The van der Waals surface area contributed by atoms with Crippen molar-refractivity contribution in [3.8, 4) is 0 Å². The second-order valence-corrected chi connectivity index (χ2v) is 11.4. The van der Waals surface area contributed by atoms with Crippen LogP contribution in [0, 0.1) is 0 Å². The number of esters is 1. The molecule has 36 heavy (non-hydrogen) atoms. The summed E-state index contributed by atoms with van der Waals surface area (Å²) >= 11 is 0. The SMILES string of the molecule is CCCc1ccc(S(=O)(=O)N2CCC3(CC2)NC(Cc2ccccc2)C(=O)N3CC(=O)OCC)cc1. The van der Waals surface area contributed by atoms with E-state index in [4.69, 9.17) is 4.74 Å². The van der Waals surface area contributed by atoms with Crippen molar-refractivity contribution in [1.29, 1.82) is 0 Å². The van der Waals surface area contributed by atoms with Crippen LogP contribution in [0.4, 0.5) is 0 Å². The van der Waals surface area contributed by atoms with Crippen LogP contribution in [-0.2, 0) is 37.2 Å². The van der Waals surface area contributed by atoms with Crippen LogP contribution in [0.5, 0.6) is 0 Å². The molecule has 2 heterocycles. The maximum Gasteiger partial charge on any atom is 0.325 e. The van der Waals surface area contributed by atoms with Crippen LogP contribution < -0.4 is 5.32 Å². The molecule has 2 aliphatic rings. The molecule has 2 saturated heterocycles. The molecule has 2 fully saturated rings. The summed E-state index contributed by atoms with van der Waals surface area (Å²) in [6.45, 7) is 4.39. The molecule has 4 rings (SSSR count). The van der Waals surface area contributed by atoms with Crippen molar-refractivity contribution < 1.29 is 22.7 Å². The molecule has 1 amide bonds. The van der Waals surface area contributed by atoms with E-state index in [0.29, 0.717) is 19.3 Å². The van der Waals surface area contributed by atoms with Gasteiger partial charge in [-0.05, 0) is 55.9 Å². The molecule has 2 aromatic carbocycles. The van der Waals surface area contributed by atoms with E-state index < -0.39 is 27.7 Å². The van der Waals surface area contributed by atoms with E-state index in [1.807, 2.05) is 42.5 Å². The minimum atomic E-state index is -3.65. The normalized spacial score (nSPS) is 20.1. The lowest BCUT2D eigenvalue weighted by molar-refractivity contribution is -0.151. The van der Waals surface area contributed by atoms with Gasteiger partial charge >= 0.3 is 5.97 Å². The number of rotatable bonds is 9. The highest BCUT2D eigenvalue weighted by molar-refractivity contribution is 7.89. The summed E-state index contributed by atoms with van der Waals surface area (Å²) in [6.07, 6.45) is 3.17. The van der Waals surface area contributed by atoms with E-state index in [2.05, 4.69) is 12.2 Å². The monoisotopic (exact) mass is 513 g/mol. The lowest BCUT2D eigenvalue weighted by Crippen LogP contribution is -2.60. The van der Waals surface area contributed by atoms with Gasteiger partial charge < -0.3 is 9.64 Å². The van der Waals surface area contributed by atoms with Crippen LogP contribution in [0.2, 0.25) is 0 Å². The third-order valence-corrected chi connectivity index (χ3v) is 8.96. The summed E-state index contributed by atoms with van der Waals surface area (Å²) in [6, 6.07) is 16.3. The summed E-state index contributed by atoms with van der Waals surface area (Å²) in [4.78, 5) is 27.6. The molecule has 1 unspecified atom stereocenters. The zero-order chi connectivity index (χ0) is 25.8. The summed E-state index contributed by atoms with van der Waals surface area (Å²) < 4.78 is 33.3. The fourth-order valence-corrected chi connectivity index (χ4v) is 6.63. The molecular weight excluding hydrogens is 478 g/mol. The van der Waals surface area contributed by atoms with Gasteiger partial charge in [-0.2, -0.15) is 4.31 Å². The largest absolute Gasteiger partial charge is 0.465 e. The van der Waals surface area contributed by atoms with Gasteiger partial charge in [-0.3, -0.25) is 14.9 Å². The molecule has 8 nitrogen and oxygen atoms in total. The first-order chi connectivity index (χ1) is 17.3. The highest BCUT2D eigenvalue weighted by atomic mass is 32.2. The van der Waals surface area contributed by atoms with Gasteiger partial charge in [0, 0.05) is 13.1 Å². The first kappa shape index (κ1) is 26.3. The minimum Gasteiger partial charge on any atom is -0.465 e. The van der Waals surface area contributed by atoms with Crippen LogP contribution in [0.15, 0.2) is 59.5 Å². The van der Waals surface area contributed by atoms with Crippen LogP contribution in [-0.4, -0.2) is 67.4 Å². The average Bonchev–Trinajstić information content (AvgIpc) is 3.11. The number of piperidine rings is 1. The van der Waals surface area contributed by atoms with Crippen molar-refractivity contribution in [2.75, 3.05) is 26.2 Å². The smallest absolute Gasteiger partial charge is 0.325 e. The molecule has 2 aliphatic heterocycles. The molecule has 1 spiro atoms. The van der Waals surface area contributed by atoms with E-state index in [1.54, 1.807) is 24.0 Å². The number of benzene rings is 2. The Hall–Kier alpha value is -2.75. The van der Waals surface area contributed by atoms with Gasteiger partial charge in [0.1, 0.15) is 6.54 Å². The predicted octanol–water partition coefficient (Wildman–Crippen LogP) is 2.73. The van der Waals surface area contributed by atoms with Gasteiger partial charge in [0.15, 0.2) is 0 Å². The molecule has 0 aliphatic carbocycles. The number of carbonyl (C=O) groups excluding carboxylic acids is 2. The van der Waals surface area contributed by atoms with E-state index in [1.165, 1.54) is 4.31 Å². The number of nitrogens with one attached hydrogen (secondary N) is 1. The highest BCUT2D eigenvalue weighted by Crippen LogP contribution is 2.35. The Labute approximate surface area is 213 Å². The maximum absolute atomic E-state index is 13.4. The van der Waals surface area contributed by atoms with Crippen molar-refractivity contribution in [3.63, 3.8) is 0 Å². The molecule has 1 atom stereocenters. The summed E-state index contributed by atoms with van der Waals surface area (Å²) in [5, 5.41) is 3.48. The summed E-state index contributed by atoms with van der Waals surface area (Å²) in [5.74, 6) is -0.621. The topological polar surface area (TPSA) is 96.0 Å². The van der Waals surface area contributed by atoms with Crippen LogP contribution in [0.25, 0.3) is 0 Å². The maximum atomic E-state index is 13.4. The number of hydrogen-bond donors (Lipinski definition) is 1. The fraction of sp³-hybridized carbons (Fsp3) is 0.481. The van der Waals surface area contributed by atoms with Crippen LogP contribution in [0.3, 0.4) is 0 Å². The van der Waals surface area contributed by atoms with E-state index >= 15 is 0 Å². The van der Waals surface area contributed by atoms with Crippen molar-refractivity contribution in [2.45, 2.75) is 62.6 Å². The first-order valence-electron chi connectivity index (χ1n) is 12.7. The first-order valence-corrected chi connectivity index (χ1v) is 14.1. The Balaban J connectivity index is 1.52. The second-order valence-electron chi connectivity index (χ2n) is 9.45. The van der Waals surface area contributed by atoms with Gasteiger partial charge in [0.05, 0.1) is 23.2 Å². The number of ether oxygens (including phenoxy) is 1. The quantitative estimate of drug-likeness (QED) is 0.518. The van der Waals surface area contributed by atoms with E-state index in [9.17, 15) is 18.0 Å². The van der Waals surface area contributed by atoms with E-state index in [0.717, 1.165) is 24.0 Å². The second kappa shape index (κ2) is 11.1. The Morgan fingerprint density at radius 2 is 1.69 bits per heavy atom. The van der Waals surface area contributed by atoms with Crippen LogP contribution in [0.1, 0.15) is 44.2 Å². The number of sulfonamides is 1. The minimum absolute atomic E-state index is 0.156. The third-order valence-electron chi connectivity index (χ3n) is 7.05. The Kier molecular flexibility index (Phi) is 8.12. The third kappa shape index (κ3) is 5.48. The number of nitrogens with zero attached hydrogens (tertiary/aromatic N) is 2. The van der Waals surface area contributed by atoms with Gasteiger partial charge in [-0.25, -0.2) is 8.42 Å². The number of amides is 1. The van der Waals surface area contributed by atoms with Crippen molar-refractivity contribution >= 4 is 21.9 Å². The van der Waals surface area contributed by atoms with Gasteiger partial charge in [0.25, 0.3) is 0 Å². The molecule has 194 valence electrons. The van der Waals surface area contributed by atoms with Crippen molar-refractivity contribution in [1.82, 2.24) is 14.5 Å². The fourth-order valence-electron chi connectivity index (χ4n) is 5.19. The molecule has 0 bridgehead atoms. The molecule has 2 aromatic rings. The van der Waals surface area contributed by atoms with E-state index in [-0.39, 0.29) is 37.0 Å². The lowest BCUT2D eigenvalue weighted by atomic mass is 9.97. The standard InChI is InChI=1S/C27H35N3O5S/c1-3-8-21-11-13-23(14-12-21)36(33,34)29-17-15-27(16-18-29)28-24(19-22-9-6-5-7-10-22)26(32)30(27)20-25(31)35-4-2/h5-7,9-14,24,28H,3-4,8,15-20H2,1-2H3. The molecular formula is C27H35N3O5S. The Bertz CT molecular complexity index is 1160. The highest BCUT2D eigenvalue weighted by Gasteiger charge is 2.53. The van der Waals surface area contributed by atoms with Gasteiger partial charge in [0.2, 0.25) is 15.9 Å². The zero-order valence-corrected chi connectivity index (χ0v) is 21.8. The lowest BCUT2D eigenvalue weighted by Gasteiger charge is -2.43. The zero-order valence-electron chi connectivity index (χ0n) is 21.0. The van der Waals surface area contributed by atoms with Crippen LogP contribution >= 0.6 is 0 Å². The van der Waals surface area contributed by atoms with Crippen molar-refractivity contribution in [2.24, 2.45) is 0 Å². The van der Waals surface area contributed by atoms with Gasteiger partial charge in [-0.1, -0.05) is 55.8 Å². The number of aryl methyl sites for hydroxylation is 1. The molecule has 0 saturated carbocycles. The number of hydrogen-bond acceptors (Lipinski definition) is 6. The Morgan fingerprint density at radius 3 is 2.31 bits per heavy atom. The average molecular weight is 514 g/mol.